The first-order chi connectivity index (χ1) is 14.4. The lowest BCUT2D eigenvalue weighted by Gasteiger charge is -2.32. The van der Waals surface area contributed by atoms with Gasteiger partial charge in [0.2, 0.25) is 0 Å². The molecule has 0 heterocycles. The molecule has 0 saturated carbocycles. The molecule has 0 aliphatic rings. The zero-order chi connectivity index (χ0) is 24.6. The summed E-state index contributed by atoms with van der Waals surface area (Å²) in [6, 6.07) is 7.29. The molecule has 0 aliphatic heterocycles. The summed E-state index contributed by atoms with van der Waals surface area (Å²) >= 11 is 0. The predicted octanol–water partition coefficient (Wildman–Crippen LogP) is 5.15. The van der Waals surface area contributed by atoms with Crippen molar-refractivity contribution in [3.8, 4) is 0 Å². The van der Waals surface area contributed by atoms with Gasteiger partial charge in [0.25, 0.3) is 10.0 Å². The number of hydrogen-bond acceptors (Lipinski definition) is 3. The maximum atomic E-state index is 13.2. The summed E-state index contributed by atoms with van der Waals surface area (Å²) in [6.07, 6.45) is -19.0. The molecule has 0 aromatic heterocycles. The van der Waals surface area contributed by atoms with Crippen molar-refractivity contribution in [2.75, 3.05) is 10.8 Å². The van der Waals surface area contributed by atoms with E-state index in [1.165, 1.54) is 18.2 Å². The normalized spacial score (nSPS) is 15.3. The Balaban J connectivity index is 2.56. The van der Waals surface area contributed by atoms with Gasteiger partial charge in [-0.1, -0.05) is 30.3 Å². The number of alkyl halides is 9. The van der Waals surface area contributed by atoms with Crippen molar-refractivity contribution in [2.24, 2.45) is 0 Å². The van der Waals surface area contributed by atoms with Crippen molar-refractivity contribution in [3.63, 3.8) is 0 Å². The van der Waals surface area contributed by atoms with E-state index >= 15 is 0 Å². The Morgan fingerprint density at radius 2 is 1.25 bits per heavy atom. The Hall–Kier alpha value is -2.48. The number of hydrogen-bond donors (Lipinski definition) is 1. The third-order valence-corrected chi connectivity index (χ3v) is 6.00. The van der Waals surface area contributed by atoms with E-state index in [0.29, 0.717) is 24.3 Å². The van der Waals surface area contributed by atoms with E-state index in [1.54, 1.807) is 0 Å². The second kappa shape index (κ2) is 8.46. The van der Waals surface area contributed by atoms with Crippen molar-refractivity contribution >= 4 is 15.7 Å². The molecule has 32 heavy (non-hydrogen) atoms. The minimum Gasteiger partial charge on any atom is -0.376 e. The van der Waals surface area contributed by atoms with Gasteiger partial charge in [-0.3, -0.25) is 4.31 Å². The summed E-state index contributed by atoms with van der Waals surface area (Å²) in [5, 5.41) is 9.75. The maximum absolute atomic E-state index is 13.2. The highest BCUT2D eigenvalue weighted by Crippen LogP contribution is 2.46. The summed E-state index contributed by atoms with van der Waals surface area (Å²) in [5.41, 5.74) is -6.49. The number of benzene rings is 2. The van der Waals surface area contributed by atoms with E-state index in [2.05, 4.69) is 0 Å². The highest BCUT2D eigenvalue weighted by molar-refractivity contribution is 7.92. The molecule has 4 nitrogen and oxygen atoms in total. The molecule has 0 fully saturated rings. The van der Waals surface area contributed by atoms with Gasteiger partial charge in [-0.15, -0.1) is 0 Å². The van der Waals surface area contributed by atoms with Crippen LogP contribution < -0.4 is 4.31 Å². The van der Waals surface area contributed by atoms with Gasteiger partial charge in [0.15, 0.2) is 5.60 Å². The topological polar surface area (TPSA) is 57.6 Å². The van der Waals surface area contributed by atoms with Gasteiger partial charge >= 0.3 is 18.5 Å². The second-order valence-corrected chi connectivity index (χ2v) is 8.50. The van der Waals surface area contributed by atoms with Crippen LogP contribution in [0.4, 0.5) is 45.2 Å². The van der Waals surface area contributed by atoms with Crippen LogP contribution in [-0.2, 0) is 15.6 Å². The smallest absolute Gasteiger partial charge is 0.376 e. The number of rotatable bonds is 6. The zero-order valence-electron chi connectivity index (χ0n) is 15.6. The summed E-state index contributed by atoms with van der Waals surface area (Å²) in [4.78, 5) is -0.558. The molecule has 2 aromatic rings. The molecule has 0 amide bonds. The Labute approximate surface area is 175 Å². The van der Waals surface area contributed by atoms with Crippen molar-refractivity contribution in [3.05, 3.63) is 60.2 Å². The van der Waals surface area contributed by atoms with E-state index in [4.69, 9.17) is 0 Å². The summed E-state index contributed by atoms with van der Waals surface area (Å²) in [7, 11) is -4.84. The van der Waals surface area contributed by atoms with Gasteiger partial charge in [-0.2, -0.15) is 39.5 Å². The monoisotopic (exact) mass is 495 g/mol. The van der Waals surface area contributed by atoms with E-state index in [1.807, 2.05) is 0 Å². The van der Waals surface area contributed by atoms with Gasteiger partial charge in [0.1, 0.15) is 6.54 Å². The van der Waals surface area contributed by atoms with Gasteiger partial charge < -0.3 is 5.11 Å². The molecular formula is C18H14F9NO3S. The van der Waals surface area contributed by atoms with Gasteiger partial charge in [0.05, 0.1) is 17.0 Å². The van der Waals surface area contributed by atoms with Crippen LogP contribution in [0.2, 0.25) is 0 Å². The molecule has 1 unspecified atom stereocenters. The molecule has 1 N–H and O–H groups in total. The molecule has 0 bridgehead atoms. The van der Waals surface area contributed by atoms with E-state index < -0.39 is 63.3 Å². The molecule has 0 spiro atoms. The Bertz CT molecular complexity index is 1020. The molecular weight excluding hydrogens is 481 g/mol. The first kappa shape index (κ1) is 25.8. The quantitative estimate of drug-likeness (QED) is 0.565. The average molecular weight is 495 g/mol. The van der Waals surface area contributed by atoms with Crippen LogP contribution >= 0.6 is 0 Å². The van der Waals surface area contributed by atoms with Crippen molar-refractivity contribution in [1.82, 2.24) is 0 Å². The fourth-order valence-corrected chi connectivity index (χ4v) is 4.23. The molecule has 2 rings (SSSR count). The summed E-state index contributed by atoms with van der Waals surface area (Å²) < 4.78 is 142. The predicted molar refractivity (Wildman–Crippen MR) is 94.1 cm³/mol. The highest BCUT2D eigenvalue weighted by atomic mass is 32.2. The molecule has 2 aromatic carbocycles. The number of sulfonamides is 1. The maximum Gasteiger partial charge on any atom is 0.421 e. The minimum atomic E-state index is -5.79. The number of halogens is 9. The standard InChI is InChI=1S/C18H14F9NO3S/c19-16(20,21)10-15(29,18(25,26)27)12-6-8-13(9-7-12)28(11-17(22,23)24)32(30,31)14-4-2-1-3-5-14/h1-9,29H,10-11H2. The van der Waals surface area contributed by atoms with Gasteiger partial charge in [-0.25, -0.2) is 8.42 Å². The number of anilines is 1. The van der Waals surface area contributed by atoms with Crippen LogP contribution in [0, 0.1) is 0 Å². The van der Waals surface area contributed by atoms with Crippen molar-refractivity contribution in [1.29, 1.82) is 0 Å². The zero-order valence-corrected chi connectivity index (χ0v) is 16.4. The molecule has 0 saturated heterocycles. The van der Waals surface area contributed by atoms with Crippen LogP contribution in [0.3, 0.4) is 0 Å². The molecule has 0 aliphatic carbocycles. The van der Waals surface area contributed by atoms with Crippen molar-refractivity contribution in [2.45, 2.75) is 35.4 Å². The van der Waals surface area contributed by atoms with E-state index in [9.17, 15) is 53.0 Å². The van der Waals surface area contributed by atoms with Gasteiger partial charge in [0, 0.05) is 0 Å². The van der Waals surface area contributed by atoms with E-state index in [-0.39, 0.29) is 4.31 Å². The summed E-state index contributed by atoms with van der Waals surface area (Å²) in [6.45, 7) is -2.06. The first-order valence-electron chi connectivity index (χ1n) is 8.48. The van der Waals surface area contributed by atoms with Crippen LogP contribution in [0.25, 0.3) is 0 Å². The van der Waals surface area contributed by atoms with Gasteiger partial charge in [-0.05, 0) is 29.8 Å². The average Bonchev–Trinajstić information content (AvgIpc) is 2.64. The minimum absolute atomic E-state index is 0.150. The van der Waals surface area contributed by atoms with Crippen LogP contribution in [-0.4, -0.2) is 38.6 Å². The molecule has 1 atom stereocenters. The number of aliphatic hydroxyl groups is 1. The van der Waals surface area contributed by atoms with Crippen LogP contribution in [0.15, 0.2) is 59.5 Å². The first-order valence-corrected chi connectivity index (χ1v) is 9.92. The van der Waals surface area contributed by atoms with Crippen LogP contribution in [0.1, 0.15) is 12.0 Å². The molecule has 14 heteroatoms. The molecule has 0 radical (unpaired) electrons. The molecule has 178 valence electrons. The Kier molecular flexibility index (Phi) is 6.82. The lowest BCUT2D eigenvalue weighted by Crippen LogP contribution is -2.45. The highest BCUT2D eigenvalue weighted by Gasteiger charge is 2.59. The number of nitrogens with zero attached hydrogens (tertiary/aromatic N) is 1. The van der Waals surface area contributed by atoms with Crippen LogP contribution in [0.5, 0.6) is 0 Å². The Morgan fingerprint density at radius 3 is 1.66 bits per heavy atom. The third kappa shape index (κ3) is 5.85. The van der Waals surface area contributed by atoms with E-state index in [0.717, 1.165) is 12.1 Å². The lowest BCUT2D eigenvalue weighted by molar-refractivity contribution is -0.300. The second-order valence-electron chi connectivity index (χ2n) is 6.64. The summed E-state index contributed by atoms with van der Waals surface area (Å²) in [5.74, 6) is 0. The fourth-order valence-electron chi connectivity index (χ4n) is 2.76. The third-order valence-electron chi connectivity index (χ3n) is 4.21. The fraction of sp³-hybridized carbons (Fsp3) is 0.333. The largest absolute Gasteiger partial charge is 0.421 e. The van der Waals surface area contributed by atoms with Crippen molar-refractivity contribution < 1.29 is 53.0 Å². The lowest BCUT2D eigenvalue weighted by atomic mass is 9.89. The SMILES string of the molecule is O=S(=O)(c1ccccc1)N(CC(F)(F)F)c1ccc(C(O)(CC(F)(F)F)C(F)(F)F)cc1. The Morgan fingerprint density at radius 1 is 0.750 bits per heavy atom.